The number of carbonyl (C=O) groups excluding carboxylic acids is 2. The Balaban J connectivity index is 1.88. The summed E-state index contributed by atoms with van der Waals surface area (Å²) < 4.78 is 5.45. The Kier molecular flexibility index (Phi) is 7.11. The largest absolute Gasteiger partial charge is 0.481 e. The molecule has 0 saturated heterocycles. The molecule has 0 radical (unpaired) electrons. The molecular formula is C17H20Cl2N2O5. The van der Waals surface area contributed by atoms with Crippen LogP contribution >= 0.6 is 23.2 Å². The lowest BCUT2D eigenvalue weighted by molar-refractivity contribution is -0.149. The fourth-order valence-corrected chi connectivity index (χ4v) is 3.33. The van der Waals surface area contributed by atoms with Crippen LogP contribution in [0, 0.1) is 11.8 Å². The number of amides is 2. The van der Waals surface area contributed by atoms with Gasteiger partial charge in [0.25, 0.3) is 5.91 Å². The van der Waals surface area contributed by atoms with Gasteiger partial charge in [0.05, 0.1) is 16.9 Å². The van der Waals surface area contributed by atoms with Gasteiger partial charge in [0.15, 0.2) is 6.10 Å². The molecule has 1 aliphatic carbocycles. The highest BCUT2D eigenvalue weighted by molar-refractivity contribution is 6.35. The molecule has 0 unspecified atom stereocenters. The van der Waals surface area contributed by atoms with Crippen molar-refractivity contribution in [2.75, 3.05) is 0 Å². The third-order valence-corrected chi connectivity index (χ3v) is 4.83. The highest BCUT2D eigenvalue weighted by atomic mass is 35.5. The second-order valence-corrected chi connectivity index (χ2v) is 6.99. The molecular weight excluding hydrogens is 383 g/mol. The Hall–Kier alpha value is -1.99. The van der Waals surface area contributed by atoms with Crippen molar-refractivity contribution in [3.05, 3.63) is 28.2 Å². The standard InChI is InChI=1S/C17H20Cl2N2O5/c1-9(26-14-7-6-10(18)8-13(14)19)15(22)20-21-16(23)11-4-2-3-5-12(11)17(24)25/h6-9,11-12H,2-5H2,1H3,(H,20,22)(H,21,23)(H,24,25)/t9-,11-,12+/m1/s1. The summed E-state index contributed by atoms with van der Waals surface area (Å²) >= 11 is 11.8. The highest BCUT2D eigenvalue weighted by Gasteiger charge is 2.36. The van der Waals surface area contributed by atoms with E-state index in [2.05, 4.69) is 10.9 Å². The summed E-state index contributed by atoms with van der Waals surface area (Å²) in [7, 11) is 0. The van der Waals surface area contributed by atoms with E-state index in [-0.39, 0.29) is 10.8 Å². The van der Waals surface area contributed by atoms with Gasteiger partial charge in [-0.25, -0.2) is 0 Å². The molecule has 1 saturated carbocycles. The molecule has 2 rings (SSSR count). The Labute approximate surface area is 161 Å². The average Bonchev–Trinajstić information content (AvgIpc) is 2.61. The minimum Gasteiger partial charge on any atom is -0.481 e. The van der Waals surface area contributed by atoms with Crippen molar-refractivity contribution in [1.29, 1.82) is 0 Å². The number of hydrogen-bond acceptors (Lipinski definition) is 4. The Morgan fingerprint density at radius 3 is 2.42 bits per heavy atom. The van der Waals surface area contributed by atoms with Crippen molar-refractivity contribution in [3.8, 4) is 5.75 Å². The lowest BCUT2D eigenvalue weighted by Gasteiger charge is -2.27. The second kappa shape index (κ2) is 9.09. The van der Waals surface area contributed by atoms with Gasteiger partial charge in [-0.15, -0.1) is 0 Å². The van der Waals surface area contributed by atoms with Gasteiger partial charge in [-0.1, -0.05) is 36.0 Å². The van der Waals surface area contributed by atoms with E-state index in [9.17, 15) is 19.5 Å². The maximum Gasteiger partial charge on any atom is 0.307 e. The number of carbonyl (C=O) groups is 3. The number of aliphatic carboxylic acids is 1. The van der Waals surface area contributed by atoms with Gasteiger partial charge in [-0.2, -0.15) is 0 Å². The topological polar surface area (TPSA) is 105 Å². The monoisotopic (exact) mass is 402 g/mol. The third kappa shape index (κ3) is 5.25. The first kappa shape index (κ1) is 20.3. The van der Waals surface area contributed by atoms with Crippen LogP contribution in [0.25, 0.3) is 0 Å². The van der Waals surface area contributed by atoms with Crippen molar-refractivity contribution in [2.45, 2.75) is 38.7 Å². The molecule has 26 heavy (non-hydrogen) atoms. The minimum absolute atomic E-state index is 0.257. The van der Waals surface area contributed by atoms with Gasteiger partial charge in [-0.3, -0.25) is 25.2 Å². The first-order valence-electron chi connectivity index (χ1n) is 8.24. The van der Waals surface area contributed by atoms with Crippen LogP contribution in [0.1, 0.15) is 32.6 Å². The van der Waals surface area contributed by atoms with E-state index in [4.69, 9.17) is 27.9 Å². The molecule has 1 aromatic rings. The van der Waals surface area contributed by atoms with Crippen LogP contribution in [0.3, 0.4) is 0 Å². The summed E-state index contributed by atoms with van der Waals surface area (Å²) in [6.45, 7) is 1.49. The zero-order valence-electron chi connectivity index (χ0n) is 14.1. The molecule has 142 valence electrons. The van der Waals surface area contributed by atoms with Crippen molar-refractivity contribution in [1.82, 2.24) is 10.9 Å². The zero-order chi connectivity index (χ0) is 19.3. The first-order valence-corrected chi connectivity index (χ1v) is 8.99. The number of carboxylic acids is 1. The van der Waals surface area contributed by atoms with Gasteiger partial charge in [-0.05, 0) is 38.0 Å². The quantitative estimate of drug-likeness (QED) is 0.656. The zero-order valence-corrected chi connectivity index (χ0v) is 15.6. The number of benzene rings is 1. The van der Waals surface area contributed by atoms with Crippen molar-refractivity contribution < 1.29 is 24.2 Å². The summed E-state index contributed by atoms with van der Waals surface area (Å²) in [6.07, 6.45) is 1.56. The van der Waals surface area contributed by atoms with E-state index >= 15 is 0 Å². The number of ether oxygens (including phenoxy) is 1. The van der Waals surface area contributed by atoms with Gasteiger partial charge in [0.1, 0.15) is 5.75 Å². The molecule has 7 nitrogen and oxygen atoms in total. The summed E-state index contributed by atoms with van der Waals surface area (Å²) in [4.78, 5) is 35.6. The normalized spacial score (nSPS) is 20.7. The number of hydrogen-bond donors (Lipinski definition) is 3. The van der Waals surface area contributed by atoms with Gasteiger partial charge in [0, 0.05) is 5.02 Å². The summed E-state index contributed by atoms with van der Waals surface area (Å²) in [5, 5.41) is 9.92. The second-order valence-electron chi connectivity index (χ2n) is 6.15. The molecule has 0 spiro atoms. The molecule has 2 amide bonds. The van der Waals surface area contributed by atoms with Gasteiger partial charge >= 0.3 is 5.97 Å². The van der Waals surface area contributed by atoms with Gasteiger partial charge in [0.2, 0.25) is 5.91 Å². The van der Waals surface area contributed by atoms with Crippen molar-refractivity contribution in [3.63, 3.8) is 0 Å². The van der Waals surface area contributed by atoms with E-state index in [1.807, 2.05) is 0 Å². The fraction of sp³-hybridized carbons (Fsp3) is 0.471. The van der Waals surface area contributed by atoms with Crippen LogP contribution in [0.15, 0.2) is 18.2 Å². The number of nitrogens with one attached hydrogen (secondary N) is 2. The van der Waals surface area contributed by atoms with Crippen LogP contribution in [-0.4, -0.2) is 29.0 Å². The summed E-state index contributed by atoms with van der Waals surface area (Å²) in [5.41, 5.74) is 4.56. The van der Waals surface area contributed by atoms with Crippen molar-refractivity contribution in [2.24, 2.45) is 11.8 Å². The Bertz CT molecular complexity index is 698. The summed E-state index contributed by atoms with van der Waals surface area (Å²) in [5.74, 6) is -3.21. The first-order chi connectivity index (χ1) is 12.3. The molecule has 0 aliphatic heterocycles. The minimum atomic E-state index is -0.995. The predicted octanol–water partition coefficient (Wildman–Crippen LogP) is 2.80. The molecule has 0 bridgehead atoms. The maximum atomic E-state index is 12.2. The fourth-order valence-electron chi connectivity index (χ4n) is 2.87. The molecule has 3 N–H and O–H groups in total. The van der Waals surface area contributed by atoms with Crippen LogP contribution < -0.4 is 15.6 Å². The summed E-state index contributed by atoms with van der Waals surface area (Å²) in [6, 6.07) is 4.59. The molecule has 3 atom stereocenters. The number of rotatable bonds is 5. The molecule has 0 heterocycles. The molecule has 1 aromatic carbocycles. The molecule has 1 aliphatic rings. The Morgan fingerprint density at radius 1 is 1.15 bits per heavy atom. The van der Waals surface area contributed by atoms with E-state index in [1.54, 1.807) is 6.07 Å². The van der Waals surface area contributed by atoms with Crippen molar-refractivity contribution >= 4 is 41.0 Å². The SMILES string of the molecule is C[C@@H](Oc1ccc(Cl)cc1Cl)C(=O)NNC(=O)[C@@H]1CCCC[C@@H]1C(=O)O. The average molecular weight is 403 g/mol. The lowest BCUT2D eigenvalue weighted by atomic mass is 9.79. The van der Waals surface area contributed by atoms with Crippen LogP contribution in [0.4, 0.5) is 0 Å². The molecule has 9 heteroatoms. The van der Waals surface area contributed by atoms with E-state index in [0.29, 0.717) is 17.9 Å². The predicted molar refractivity (Wildman–Crippen MR) is 95.9 cm³/mol. The lowest BCUT2D eigenvalue weighted by Crippen LogP contribution is -2.51. The van der Waals surface area contributed by atoms with Crippen LogP contribution in [0.5, 0.6) is 5.75 Å². The number of hydrazine groups is 1. The van der Waals surface area contributed by atoms with E-state index < -0.39 is 35.7 Å². The number of carboxylic acid groups (broad SMARTS) is 1. The highest BCUT2D eigenvalue weighted by Crippen LogP contribution is 2.30. The van der Waals surface area contributed by atoms with Crippen LogP contribution in [-0.2, 0) is 14.4 Å². The smallest absolute Gasteiger partial charge is 0.307 e. The van der Waals surface area contributed by atoms with E-state index in [1.165, 1.54) is 19.1 Å². The Morgan fingerprint density at radius 2 is 1.81 bits per heavy atom. The molecule has 0 aromatic heterocycles. The van der Waals surface area contributed by atoms with Gasteiger partial charge < -0.3 is 9.84 Å². The number of halogens is 2. The van der Waals surface area contributed by atoms with Crippen LogP contribution in [0.2, 0.25) is 10.0 Å². The maximum absolute atomic E-state index is 12.2. The van der Waals surface area contributed by atoms with E-state index in [0.717, 1.165) is 12.8 Å². The molecule has 1 fully saturated rings. The third-order valence-electron chi connectivity index (χ3n) is 4.30.